The number of carbonyl (C=O) groups is 1. The molecule has 1 atom stereocenters. The second-order valence-corrected chi connectivity index (χ2v) is 8.08. The van der Waals surface area contributed by atoms with Crippen molar-refractivity contribution in [2.75, 3.05) is 51.8 Å². The van der Waals surface area contributed by atoms with Gasteiger partial charge < -0.3 is 14.5 Å². The Labute approximate surface area is 151 Å². The summed E-state index contributed by atoms with van der Waals surface area (Å²) in [5.41, 5.74) is 1.30. The fourth-order valence-corrected chi connectivity index (χ4v) is 4.28. The first-order valence-electron chi connectivity index (χ1n) is 9.27. The molecule has 1 amide bonds. The lowest BCUT2D eigenvalue weighted by atomic mass is 9.93. The van der Waals surface area contributed by atoms with Gasteiger partial charge in [0.05, 0.1) is 7.11 Å². The number of ether oxygens (including phenoxy) is 1. The average Bonchev–Trinajstić information content (AvgIpc) is 2.57. The van der Waals surface area contributed by atoms with Crippen LogP contribution in [0.4, 0.5) is 5.69 Å². The molecule has 0 aliphatic carbocycles. The molecule has 0 bridgehead atoms. The first kappa shape index (κ1) is 18.1. The summed E-state index contributed by atoms with van der Waals surface area (Å²) in [5, 5.41) is 0. The highest BCUT2D eigenvalue weighted by Gasteiger charge is 2.35. The second-order valence-electron chi connectivity index (χ2n) is 8.08. The van der Waals surface area contributed by atoms with Crippen molar-refractivity contribution in [1.82, 2.24) is 9.80 Å². The fraction of sp³-hybridized carbons (Fsp3) is 0.650. The van der Waals surface area contributed by atoms with Crippen LogP contribution in [0.1, 0.15) is 26.7 Å². The molecule has 2 saturated heterocycles. The molecule has 25 heavy (non-hydrogen) atoms. The minimum absolute atomic E-state index is 0.0704. The molecule has 2 heterocycles. The summed E-state index contributed by atoms with van der Waals surface area (Å²) >= 11 is 0. The van der Waals surface area contributed by atoms with E-state index in [4.69, 9.17) is 4.74 Å². The van der Waals surface area contributed by atoms with Gasteiger partial charge in [0.15, 0.2) is 0 Å². The Kier molecular flexibility index (Phi) is 5.23. The molecule has 2 aliphatic rings. The zero-order valence-electron chi connectivity index (χ0n) is 16.0. The minimum atomic E-state index is 0.0704. The lowest BCUT2D eigenvalue weighted by molar-refractivity contribution is -0.133. The van der Waals surface area contributed by atoms with Crippen LogP contribution in [0.25, 0.3) is 0 Å². The number of rotatable bonds is 4. The third-order valence-electron chi connectivity index (χ3n) is 5.59. The molecule has 0 saturated carbocycles. The van der Waals surface area contributed by atoms with Gasteiger partial charge in [-0.05, 0) is 38.3 Å². The number of carbonyl (C=O) groups excluding carboxylic acids is 1. The Hall–Kier alpha value is -1.75. The molecular weight excluding hydrogens is 314 g/mol. The van der Waals surface area contributed by atoms with Crippen molar-refractivity contribution in [1.29, 1.82) is 0 Å². The predicted octanol–water partition coefficient (Wildman–Crippen LogP) is 2.46. The maximum Gasteiger partial charge on any atom is 0.222 e. The topological polar surface area (TPSA) is 36.0 Å². The summed E-state index contributed by atoms with van der Waals surface area (Å²) in [4.78, 5) is 18.6. The van der Waals surface area contributed by atoms with Crippen molar-refractivity contribution in [2.45, 2.75) is 32.2 Å². The van der Waals surface area contributed by atoms with E-state index in [1.54, 1.807) is 7.11 Å². The molecule has 0 spiro atoms. The van der Waals surface area contributed by atoms with Crippen molar-refractivity contribution >= 4 is 11.6 Å². The van der Waals surface area contributed by atoms with Crippen LogP contribution in [0, 0.1) is 5.92 Å². The highest BCUT2D eigenvalue weighted by atomic mass is 16.5. The summed E-state index contributed by atoms with van der Waals surface area (Å²) < 4.78 is 5.38. The SMILES string of the molecule is COc1cccc(N2CCN(CC3CCC(=O)N(C)C3)CC2(C)C)c1. The molecule has 1 aromatic rings. The lowest BCUT2D eigenvalue weighted by Gasteiger charge is -2.49. The number of piperidine rings is 1. The van der Waals surface area contributed by atoms with Crippen molar-refractivity contribution in [3.05, 3.63) is 24.3 Å². The van der Waals surface area contributed by atoms with Crippen LogP contribution in [-0.4, -0.2) is 68.1 Å². The van der Waals surface area contributed by atoms with Gasteiger partial charge in [-0.25, -0.2) is 0 Å². The lowest BCUT2D eigenvalue weighted by Crippen LogP contribution is -2.60. The van der Waals surface area contributed by atoms with E-state index >= 15 is 0 Å². The summed E-state index contributed by atoms with van der Waals surface area (Å²) in [6.07, 6.45) is 1.73. The molecule has 0 radical (unpaired) electrons. The van der Waals surface area contributed by atoms with E-state index in [2.05, 4.69) is 41.8 Å². The van der Waals surface area contributed by atoms with E-state index in [1.807, 2.05) is 18.0 Å². The summed E-state index contributed by atoms with van der Waals surface area (Å²) in [7, 11) is 3.65. The molecule has 2 aliphatic heterocycles. The van der Waals surface area contributed by atoms with Crippen molar-refractivity contribution in [3.8, 4) is 5.75 Å². The fourth-order valence-electron chi connectivity index (χ4n) is 4.28. The summed E-state index contributed by atoms with van der Waals surface area (Å²) in [6.45, 7) is 9.74. The van der Waals surface area contributed by atoms with Crippen molar-refractivity contribution in [2.24, 2.45) is 5.92 Å². The molecule has 0 aromatic heterocycles. The normalized spacial score (nSPS) is 24.5. The first-order valence-corrected chi connectivity index (χ1v) is 9.27. The van der Waals surface area contributed by atoms with Gasteiger partial charge in [0.1, 0.15) is 5.75 Å². The van der Waals surface area contributed by atoms with E-state index in [9.17, 15) is 4.79 Å². The number of hydrogen-bond donors (Lipinski definition) is 0. The van der Waals surface area contributed by atoms with Gasteiger partial charge in [-0.15, -0.1) is 0 Å². The zero-order chi connectivity index (χ0) is 18.0. The number of anilines is 1. The Morgan fingerprint density at radius 3 is 2.76 bits per heavy atom. The highest BCUT2D eigenvalue weighted by Crippen LogP contribution is 2.31. The molecule has 2 fully saturated rings. The number of nitrogens with zero attached hydrogens (tertiary/aromatic N) is 3. The Balaban J connectivity index is 1.63. The van der Waals surface area contributed by atoms with Gasteiger partial charge in [0.25, 0.3) is 0 Å². The van der Waals surface area contributed by atoms with Gasteiger partial charge >= 0.3 is 0 Å². The van der Waals surface area contributed by atoms with Crippen molar-refractivity contribution in [3.63, 3.8) is 0 Å². The largest absolute Gasteiger partial charge is 0.497 e. The van der Waals surface area contributed by atoms with Gasteiger partial charge in [0, 0.05) is 63.5 Å². The van der Waals surface area contributed by atoms with Gasteiger partial charge in [-0.1, -0.05) is 6.07 Å². The minimum Gasteiger partial charge on any atom is -0.497 e. The maximum atomic E-state index is 11.7. The van der Waals surface area contributed by atoms with E-state index in [1.165, 1.54) is 5.69 Å². The number of hydrogen-bond acceptors (Lipinski definition) is 4. The first-order chi connectivity index (χ1) is 11.9. The van der Waals surface area contributed by atoms with E-state index < -0.39 is 0 Å². The number of amides is 1. The van der Waals surface area contributed by atoms with Gasteiger partial charge in [0.2, 0.25) is 5.91 Å². The number of methoxy groups -OCH3 is 1. The quantitative estimate of drug-likeness (QED) is 0.840. The van der Waals surface area contributed by atoms with Gasteiger partial charge in [-0.2, -0.15) is 0 Å². The molecule has 5 heteroatoms. The number of benzene rings is 1. The number of likely N-dealkylation sites (tertiary alicyclic amines) is 1. The standard InChI is InChI=1S/C20H31N3O2/c1-20(2)15-22(14-16-8-9-19(24)21(3)13-16)10-11-23(20)17-6-5-7-18(12-17)25-4/h5-7,12,16H,8-11,13-15H2,1-4H3. The highest BCUT2D eigenvalue weighted by molar-refractivity contribution is 5.76. The Morgan fingerprint density at radius 1 is 1.28 bits per heavy atom. The Bertz CT molecular complexity index is 617. The smallest absolute Gasteiger partial charge is 0.222 e. The van der Waals surface area contributed by atoms with Crippen LogP contribution in [-0.2, 0) is 4.79 Å². The van der Waals surface area contributed by atoms with Crippen LogP contribution in [0.3, 0.4) is 0 Å². The van der Waals surface area contributed by atoms with Crippen molar-refractivity contribution < 1.29 is 9.53 Å². The molecule has 1 unspecified atom stereocenters. The third-order valence-corrected chi connectivity index (χ3v) is 5.59. The third kappa shape index (κ3) is 4.09. The maximum absolute atomic E-state index is 11.7. The molecular formula is C20H31N3O2. The molecule has 5 nitrogen and oxygen atoms in total. The zero-order valence-corrected chi connectivity index (χ0v) is 16.0. The summed E-state index contributed by atoms with van der Waals surface area (Å²) in [5.74, 6) is 1.80. The molecule has 138 valence electrons. The molecule has 0 N–H and O–H groups in total. The van der Waals surface area contributed by atoms with Gasteiger partial charge in [-0.3, -0.25) is 9.69 Å². The number of piperazine rings is 1. The monoisotopic (exact) mass is 345 g/mol. The van der Waals surface area contributed by atoms with E-state index in [-0.39, 0.29) is 5.54 Å². The van der Waals surface area contributed by atoms with Crippen LogP contribution in [0.5, 0.6) is 5.75 Å². The average molecular weight is 345 g/mol. The summed E-state index contributed by atoms with van der Waals surface area (Å²) in [6, 6.07) is 8.35. The van der Waals surface area contributed by atoms with Crippen LogP contribution in [0.15, 0.2) is 24.3 Å². The molecule has 1 aromatic carbocycles. The molecule has 3 rings (SSSR count). The predicted molar refractivity (Wildman–Crippen MR) is 101 cm³/mol. The van der Waals surface area contributed by atoms with Crippen LogP contribution >= 0.6 is 0 Å². The van der Waals surface area contributed by atoms with E-state index in [0.717, 1.165) is 44.9 Å². The van der Waals surface area contributed by atoms with E-state index in [0.29, 0.717) is 18.2 Å². The Morgan fingerprint density at radius 2 is 2.08 bits per heavy atom. The second kappa shape index (κ2) is 7.24. The van der Waals surface area contributed by atoms with Crippen LogP contribution < -0.4 is 9.64 Å². The van der Waals surface area contributed by atoms with Crippen LogP contribution in [0.2, 0.25) is 0 Å².